The van der Waals surface area contributed by atoms with Gasteiger partial charge in [0.15, 0.2) is 10.8 Å². The Balaban J connectivity index is 1.47. The molecule has 0 unspecified atom stereocenters. The Hall–Kier alpha value is -3.47. The van der Waals surface area contributed by atoms with Crippen LogP contribution in [0.4, 0.5) is 5.13 Å². The molecule has 2 atom stereocenters. The number of oxime groups is 1. The Labute approximate surface area is 218 Å². The van der Waals surface area contributed by atoms with Gasteiger partial charge in [0.1, 0.15) is 22.8 Å². The maximum Gasteiger partial charge on any atom is 0.352 e. The number of allylic oxidation sites excluding steroid dienone is 1. The molecule has 37 heavy (non-hydrogen) atoms. The Morgan fingerprint density at radius 3 is 2.76 bits per heavy atom. The van der Waals surface area contributed by atoms with Gasteiger partial charge >= 0.3 is 5.97 Å². The number of aliphatic hydroxyl groups excluding tert-OH is 1. The minimum atomic E-state index is -1.32. The highest BCUT2D eigenvalue weighted by Crippen LogP contribution is 2.41. The number of likely N-dealkylation sites (tertiary alicyclic amines) is 1. The van der Waals surface area contributed by atoms with Crippen LogP contribution in [0.15, 0.2) is 33.5 Å². The second-order valence-electron chi connectivity index (χ2n) is 8.24. The lowest BCUT2D eigenvalue weighted by Gasteiger charge is -2.49. The van der Waals surface area contributed by atoms with Crippen molar-refractivity contribution in [1.82, 2.24) is 25.4 Å². The van der Waals surface area contributed by atoms with Gasteiger partial charge in [0.05, 0.1) is 6.61 Å². The van der Waals surface area contributed by atoms with Gasteiger partial charge in [-0.15, -0.1) is 23.1 Å². The normalized spacial score (nSPS) is 22.9. The monoisotopic (exact) mass is 551 g/mol. The number of fused-ring (bicyclic) bond motifs is 1. The number of thiazole rings is 1. The highest BCUT2D eigenvalue weighted by Gasteiger charge is 2.54. The number of carbonyl (C=O) groups is 4. The molecular formula is C21H25N7O7S2. The molecule has 2 saturated heterocycles. The van der Waals surface area contributed by atoms with E-state index in [0.29, 0.717) is 43.7 Å². The first-order chi connectivity index (χ1) is 17.8. The number of amides is 3. The predicted octanol–water partition coefficient (Wildman–Crippen LogP) is -1.62. The molecule has 4 rings (SSSR count). The van der Waals surface area contributed by atoms with Crippen LogP contribution in [0.5, 0.6) is 0 Å². The number of nitrogens with zero attached hydrogens (tertiary/aromatic N) is 4. The van der Waals surface area contributed by atoms with Gasteiger partial charge in [-0.3, -0.25) is 19.3 Å². The third-order valence-electron chi connectivity index (χ3n) is 5.98. The number of hydrogen-bond acceptors (Lipinski definition) is 12. The minimum Gasteiger partial charge on any atom is -0.477 e. The van der Waals surface area contributed by atoms with Crippen molar-refractivity contribution in [3.05, 3.63) is 34.0 Å². The molecular weight excluding hydrogens is 526 g/mol. The highest BCUT2D eigenvalue weighted by atomic mass is 32.2. The van der Waals surface area contributed by atoms with Gasteiger partial charge in [-0.05, 0) is 18.1 Å². The van der Waals surface area contributed by atoms with Crippen LogP contribution in [0.25, 0.3) is 0 Å². The number of aliphatic carboxylic acids is 1. The van der Waals surface area contributed by atoms with Crippen molar-refractivity contribution in [3.63, 3.8) is 0 Å². The first-order valence-electron chi connectivity index (χ1n) is 11.2. The summed E-state index contributed by atoms with van der Waals surface area (Å²) in [6, 6.07) is -1.04. The molecule has 4 heterocycles. The van der Waals surface area contributed by atoms with E-state index < -0.39 is 34.9 Å². The summed E-state index contributed by atoms with van der Waals surface area (Å²) in [5.41, 5.74) is 5.75. The molecule has 3 aliphatic heterocycles. The number of carboxylic acid groups (broad SMARTS) is 1. The van der Waals surface area contributed by atoms with E-state index in [-0.39, 0.29) is 34.8 Å². The van der Waals surface area contributed by atoms with Crippen molar-refractivity contribution in [2.45, 2.75) is 17.8 Å². The van der Waals surface area contributed by atoms with E-state index in [1.807, 2.05) is 0 Å². The number of thioether (sulfide) groups is 1. The molecule has 7 N–H and O–H groups in total. The van der Waals surface area contributed by atoms with Crippen molar-refractivity contribution in [2.24, 2.45) is 5.16 Å². The summed E-state index contributed by atoms with van der Waals surface area (Å²) in [5, 5.41) is 37.3. The standard InChI is InChI=1S/C21H25N7O7S2/c22-21-24-12(9-37-21)13(26-35)16(30)25-14-18(32)28-15(20(33)34)11(8-36-19(14)28)7-10-1-4-27(17(10)31)5-2-23-3-6-29/h7,9,14,19,23,29,35H,1-6,8H2,(H2,22,24)(H,25,30)(H,33,34)/b10-7+,26-13-/t14-,19-/m1/s1. The van der Waals surface area contributed by atoms with Crippen molar-refractivity contribution < 1.29 is 34.6 Å². The Kier molecular flexibility index (Phi) is 8.11. The van der Waals surface area contributed by atoms with Crippen LogP contribution in [0.3, 0.4) is 0 Å². The molecule has 0 saturated carbocycles. The van der Waals surface area contributed by atoms with Crippen LogP contribution in [0.2, 0.25) is 0 Å². The number of aromatic nitrogens is 1. The molecule has 0 radical (unpaired) electrons. The van der Waals surface area contributed by atoms with E-state index in [4.69, 9.17) is 10.8 Å². The lowest BCUT2D eigenvalue weighted by atomic mass is 10.0. The SMILES string of the molecule is Nc1nc(/C(=N/O)C(=O)N[C@@H]2C(=O)N3C(C(=O)O)=C(/C=C4\CCN(CCNCCO)C4=O)CS[C@H]23)cs1. The average molecular weight is 552 g/mol. The van der Waals surface area contributed by atoms with E-state index in [1.165, 1.54) is 17.1 Å². The number of nitrogens with two attached hydrogens (primary N) is 1. The molecule has 0 bridgehead atoms. The molecule has 0 aliphatic carbocycles. The zero-order valence-corrected chi connectivity index (χ0v) is 21.0. The summed E-state index contributed by atoms with van der Waals surface area (Å²) >= 11 is 2.29. The maximum atomic E-state index is 12.9. The Bertz CT molecular complexity index is 1210. The van der Waals surface area contributed by atoms with Crippen LogP contribution in [0, 0.1) is 0 Å². The van der Waals surface area contributed by atoms with Gasteiger partial charge in [0.2, 0.25) is 5.91 Å². The molecule has 2 fully saturated rings. The number of carboxylic acids is 1. The minimum absolute atomic E-state index is 0.000741. The smallest absolute Gasteiger partial charge is 0.352 e. The predicted molar refractivity (Wildman–Crippen MR) is 134 cm³/mol. The van der Waals surface area contributed by atoms with Crippen LogP contribution in [0.1, 0.15) is 12.1 Å². The van der Waals surface area contributed by atoms with Crippen molar-refractivity contribution in [1.29, 1.82) is 0 Å². The zero-order valence-electron chi connectivity index (χ0n) is 19.4. The summed E-state index contributed by atoms with van der Waals surface area (Å²) in [6.07, 6.45) is 1.98. The zero-order chi connectivity index (χ0) is 26.7. The Morgan fingerprint density at radius 1 is 1.32 bits per heavy atom. The summed E-state index contributed by atoms with van der Waals surface area (Å²) in [7, 11) is 0. The fourth-order valence-corrected chi connectivity index (χ4v) is 6.07. The molecule has 198 valence electrons. The average Bonchev–Trinajstić information content (AvgIpc) is 3.45. The Morgan fingerprint density at radius 2 is 2.11 bits per heavy atom. The van der Waals surface area contributed by atoms with Crippen LogP contribution < -0.4 is 16.4 Å². The third kappa shape index (κ3) is 5.31. The number of anilines is 1. The summed E-state index contributed by atoms with van der Waals surface area (Å²) in [4.78, 5) is 57.1. The number of carbonyl (C=O) groups excluding carboxylic acids is 3. The molecule has 0 aromatic carbocycles. The van der Waals surface area contributed by atoms with E-state index in [1.54, 1.807) is 11.0 Å². The molecule has 1 aromatic heterocycles. The topological polar surface area (TPSA) is 211 Å². The van der Waals surface area contributed by atoms with Gasteiger partial charge in [0, 0.05) is 42.9 Å². The molecule has 0 spiro atoms. The number of nitrogens with one attached hydrogen (secondary N) is 2. The molecule has 1 aromatic rings. The first kappa shape index (κ1) is 26.6. The fraction of sp³-hybridized carbons (Fsp3) is 0.429. The highest BCUT2D eigenvalue weighted by molar-refractivity contribution is 8.00. The summed E-state index contributed by atoms with van der Waals surface area (Å²) in [6.45, 7) is 1.90. The van der Waals surface area contributed by atoms with Gasteiger partial charge in [0.25, 0.3) is 11.8 Å². The van der Waals surface area contributed by atoms with Crippen LogP contribution in [-0.4, -0.2) is 110 Å². The number of β-lactam (4-membered cyclic amide) rings is 1. The second-order valence-corrected chi connectivity index (χ2v) is 10.2. The molecule has 3 amide bonds. The van der Waals surface area contributed by atoms with Crippen LogP contribution >= 0.6 is 23.1 Å². The first-order valence-corrected chi connectivity index (χ1v) is 13.2. The number of aliphatic hydroxyl groups is 1. The van der Waals surface area contributed by atoms with Gasteiger partial charge in [-0.1, -0.05) is 5.16 Å². The van der Waals surface area contributed by atoms with Crippen LogP contribution in [-0.2, 0) is 19.2 Å². The molecule has 16 heteroatoms. The summed E-state index contributed by atoms with van der Waals surface area (Å²) in [5.74, 6) is -2.80. The summed E-state index contributed by atoms with van der Waals surface area (Å²) < 4.78 is 0. The van der Waals surface area contributed by atoms with Crippen molar-refractivity contribution in [2.75, 3.05) is 44.3 Å². The van der Waals surface area contributed by atoms with E-state index >= 15 is 0 Å². The number of nitrogen functional groups attached to an aromatic ring is 1. The quantitative estimate of drug-likeness (QED) is 0.0486. The lowest BCUT2D eigenvalue weighted by molar-refractivity contribution is -0.150. The third-order valence-corrected chi connectivity index (χ3v) is 7.95. The largest absolute Gasteiger partial charge is 0.477 e. The van der Waals surface area contributed by atoms with E-state index in [2.05, 4.69) is 20.8 Å². The second kappa shape index (κ2) is 11.3. The van der Waals surface area contributed by atoms with E-state index in [0.717, 1.165) is 16.2 Å². The maximum absolute atomic E-state index is 12.9. The lowest BCUT2D eigenvalue weighted by Crippen LogP contribution is -2.71. The molecule has 3 aliphatic rings. The van der Waals surface area contributed by atoms with Gasteiger partial charge in [-0.2, -0.15) is 0 Å². The van der Waals surface area contributed by atoms with Crippen molar-refractivity contribution >= 4 is 57.6 Å². The fourth-order valence-electron chi connectivity index (χ4n) is 4.22. The van der Waals surface area contributed by atoms with Crippen molar-refractivity contribution in [3.8, 4) is 0 Å². The van der Waals surface area contributed by atoms with Gasteiger partial charge in [-0.25, -0.2) is 9.78 Å². The number of hydrogen-bond donors (Lipinski definition) is 6. The van der Waals surface area contributed by atoms with Gasteiger partial charge < -0.3 is 36.7 Å². The molecule has 14 nitrogen and oxygen atoms in total. The van der Waals surface area contributed by atoms with E-state index in [9.17, 15) is 29.5 Å². The number of rotatable bonds is 10.